The van der Waals surface area contributed by atoms with Gasteiger partial charge in [0.05, 0.1) is 30.6 Å². The van der Waals surface area contributed by atoms with Gasteiger partial charge >= 0.3 is 0 Å². The summed E-state index contributed by atoms with van der Waals surface area (Å²) >= 11 is 5.95. The first-order valence-corrected chi connectivity index (χ1v) is 5.64. The molecule has 0 unspecified atom stereocenters. The molecule has 2 N–H and O–H groups in total. The fraction of sp³-hybridized carbons (Fsp3) is 0.250. The van der Waals surface area contributed by atoms with Crippen LogP contribution in [0, 0.1) is 6.92 Å². The van der Waals surface area contributed by atoms with Crippen LogP contribution in [0.3, 0.4) is 0 Å². The van der Waals surface area contributed by atoms with E-state index in [4.69, 9.17) is 16.3 Å². The van der Waals surface area contributed by atoms with Gasteiger partial charge in [0.1, 0.15) is 11.6 Å². The number of aromatic amines is 1. The third-order valence-electron chi connectivity index (χ3n) is 2.39. The number of nitrogens with zero attached hydrogens (tertiary/aromatic N) is 1. The summed E-state index contributed by atoms with van der Waals surface area (Å²) in [5, 5.41) is 3.87. The first kappa shape index (κ1) is 11.8. The number of nitrogens with one attached hydrogen (secondary N) is 2. The molecule has 0 bridgehead atoms. The Kier molecular flexibility index (Phi) is 3.54. The fourth-order valence-electron chi connectivity index (χ4n) is 1.53. The lowest BCUT2D eigenvalue weighted by Crippen LogP contribution is -2.00. The van der Waals surface area contributed by atoms with E-state index < -0.39 is 0 Å². The highest BCUT2D eigenvalue weighted by atomic mass is 35.5. The van der Waals surface area contributed by atoms with Crippen LogP contribution in [0.5, 0.6) is 5.75 Å². The maximum atomic E-state index is 5.95. The zero-order valence-electron chi connectivity index (χ0n) is 9.75. The molecule has 90 valence electrons. The van der Waals surface area contributed by atoms with Gasteiger partial charge in [-0.3, -0.25) is 0 Å². The Labute approximate surface area is 105 Å². The van der Waals surface area contributed by atoms with Crippen LogP contribution < -0.4 is 10.1 Å². The Balaban J connectivity index is 2.04. The quantitative estimate of drug-likeness (QED) is 0.878. The van der Waals surface area contributed by atoms with Crippen molar-refractivity contribution in [3.05, 3.63) is 40.9 Å². The first-order chi connectivity index (χ1) is 8.19. The molecule has 0 amide bonds. The second-order valence-corrected chi connectivity index (χ2v) is 4.10. The van der Waals surface area contributed by atoms with Gasteiger partial charge in [-0.2, -0.15) is 0 Å². The van der Waals surface area contributed by atoms with Crippen molar-refractivity contribution < 1.29 is 4.74 Å². The second-order valence-electron chi connectivity index (χ2n) is 3.70. The summed E-state index contributed by atoms with van der Waals surface area (Å²) in [7, 11) is 1.60. The number of aryl methyl sites for hydroxylation is 1. The van der Waals surface area contributed by atoms with Crippen LogP contribution in [0.4, 0.5) is 5.69 Å². The predicted molar refractivity (Wildman–Crippen MR) is 68.7 cm³/mol. The van der Waals surface area contributed by atoms with Crippen molar-refractivity contribution >= 4 is 17.3 Å². The number of H-pyrrole nitrogens is 1. The Morgan fingerprint density at radius 2 is 2.29 bits per heavy atom. The molecule has 0 aliphatic carbocycles. The summed E-state index contributed by atoms with van der Waals surface area (Å²) in [4.78, 5) is 7.29. The molecule has 17 heavy (non-hydrogen) atoms. The average Bonchev–Trinajstić information content (AvgIpc) is 2.74. The Bertz CT molecular complexity index is 510. The molecule has 2 rings (SSSR count). The van der Waals surface area contributed by atoms with E-state index in [1.165, 1.54) is 0 Å². The first-order valence-electron chi connectivity index (χ1n) is 5.27. The van der Waals surface area contributed by atoms with Gasteiger partial charge in [-0.1, -0.05) is 11.6 Å². The van der Waals surface area contributed by atoms with E-state index in [1.807, 2.05) is 25.3 Å². The SMILES string of the molecule is COc1cc(NCc2cnc(C)[nH]2)ccc1Cl. The highest BCUT2D eigenvalue weighted by Crippen LogP contribution is 2.27. The number of hydrogen-bond acceptors (Lipinski definition) is 3. The molecule has 0 saturated heterocycles. The number of anilines is 1. The maximum absolute atomic E-state index is 5.95. The summed E-state index contributed by atoms with van der Waals surface area (Å²) in [6, 6.07) is 5.58. The zero-order valence-corrected chi connectivity index (χ0v) is 10.5. The molecule has 1 aromatic heterocycles. The van der Waals surface area contributed by atoms with Gasteiger partial charge in [0, 0.05) is 11.8 Å². The number of benzene rings is 1. The molecule has 0 aliphatic rings. The average molecular weight is 252 g/mol. The smallest absolute Gasteiger partial charge is 0.139 e. The van der Waals surface area contributed by atoms with Crippen LogP contribution in [0.2, 0.25) is 5.02 Å². The molecule has 1 aromatic carbocycles. The highest BCUT2D eigenvalue weighted by molar-refractivity contribution is 6.32. The van der Waals surface area contributed by atoms with Crippen molar-refractivity contribution in [1.29, 1.82) is 0 Å². The second kappa shape index (κ2) is 5.10. The topological polar surface area (TPSA) is 49.9 Å². The Morgan fingerprint density at radius 3 is 2.94 bits per heavy atom. The molecule has 1 heterocycles. The van der Waals surface area contributed by atoms with Crippen molar-refractivity contribution in [2.75, 3.05) is 12.4 Å². The molecule has 0 fully saturated rings. The van der Waals surface area contributed by atoms with Crippen LogP contribution in [-0.2, 0) is 6.54 Å². The number of hydrogen-bond donors (Lipinski definition) is 2. The van der Waals surface area contributed by atoms with Crippen molar-refractivity contribution in [2.24, 2.45) is 0 Å². The minimum atomic E-state index is 0.607. The third kappa shape index (κ3) is 2.91. The van der Waals surface area contributed by atoms with E-state index in [2.05, 4.69) is 15.3 Å². The van der Waals surface area contributed by atoms with Gasteiger partial charge in [0.2, 0.25) is 0 Å². The Hall–Kier alpha value is -1.68. The van der Waals surface area contributed by atoms with Crippen LogP contribution in [-0.4, -0.2) is 17.1 Å². The summed E-state index contributed by atoms with van der Waals surface area (Å²) in [6.45, 7) is 2.61. The van der Waals surface area contributed by atoms with Gasteiger partial charge < -0.3 is 15.0 Å². The monoisotopic (exact) mass is 251 g/mol. The standard InChI is InChI=1S/C12H14ClN3O/c1-8-14-6-10(16-8)7-15-9-3-4-11(13)12(5-9)17-2/h3-6,15H,7H2,1-2H3,(H,14,16). The lowest BCUT2D eigenvalue weighted by atomic mass is 10.3. The molecule has 0 saturated carbocycles. The molecule has 0 aliphatic heterocycles. The minimum Gasteiger partial charge on any atom is -0.495 e. The van der Waals surface area contributed by atoms with Crippen LogP contribution in [0.15, 0.2) is 24.4 Å². The van der Waals surface area contributed by atoms with Crippen LogP contribution in [0.1, 0.15) is 11.5 Å². The van der Waals surface area contributed by atoms with Crippen molar-refractivity contribution in [2.45, 2.75) is 13.5 Å². The highest BCUT2D eigenvalue weighted by Gasteiger charge is 2.02. The van der Waals surface area contributed by atoms with Gasteiger partial charge in [0.25, 0.3) is 0 Å². The lowest BCUT2D eigenvalue weighted by Gasteiger charge is -2.08. The van der Waals surface area contributed by atoms with Crippen molar-refractivity contribution in [3.8, 4) is 5.75 Å². The van der Waals surface area contributed by atoms with E-state index >= 15 is 0 Å². The van der Waals surface area contributed by atoms with E-state index in [-0.39, 0.29) is 0 Å². The number of aromatic nitrogens is 2. The van der Waals surface area contributed by atoms with Gasteiger partial charge in [-0.25, -0.2) is 4.98 Å². The van der Waals surface area contributed by atoms with E-state index in [0.717, 1.165) is 17.2 Å². The van der Waals surface area contributed by atoms with Crippen LogP contribution >= 0.6 is 11.6 Å². The van der Waals surface area contributed by atoms with Gasteiger partial charge in [0.15, 0.2) is 0 Å². The minimum absolute atomic E-state index is 0.607. The number of imidazole rings is 1. The van der Waals surface area contributed by atoms with E-state index in [1.54, 1.807) is 13.2 Å². The van der Waals surface area contributed by atoms with Gasteiger partial charge in [-0.05, 0) is 19.1 Å². The van der Waals surface area contributed by atoms with Crippen molar-refractivity contribution in [3.63, 3.8) is 0 Å². The van der Waals surface area contributed by atoms with Crippen molar-refractivity contribution in [1.82, 2.24) is 9.97 Å². The number of methoxy groups -OCH3 is 1. The molecule has 4 nitrogen and oxygen atoms in total. The summed E-state index contributed by atoms with van der Waals surface area (Å²) < 4.78 is 5.15. The lowest BCUT2D eigenvalue weighted by molar-refractivity contribution is 0.415. The number of ether oxygens (including phenoxy) is 1. The summed E-state index contributed by atoms with van der Waals surface area (Å²) in [5.41, 5.74) is 2.00. The molecule has 0 spiro atoms. The van der Waals surface area contributed by atoms with Crippen LogP contribution in [0.25, 0.3) is 0 Å². The molecular formula is C12H14ClN3O. The van der Waals surface area contributed by atoms with Gasteiger partial charge in [-0.15, -0.1) is 0 Å². The number of rotatable bonds is 4. The largest absolute Gasteiger partial charge is 0.495 e. The molecule has 0 atom stereocenters. The molecule has 0 radical (unpaired) electrons. The molecule has 2 aromatic rings. The summed E-state index contributed by atoms with van der Waals surface area (Å²) in [5.74, 6) is 1.58. The molecular weight excluding hydrogens is 238 g/mol. The molecule has 5 heteroatoms. The number of halogens is 1. The maximum Gasteiger partial charge on any atom is 0.139 e. The zero-order chi connectivity index (χ0) is 12.3. The predicted octanol–water partition coefficient (Wildman–Crippen LogP) is 2.99. The Morgan fingerprint density at radius 1 is 1.47 bits per heavy atom. The van der Waals surface area contributed by atoms with E-state index in [9.17, 15) is 0 Å². The fourth-order valence-corrected chi connectivity index (χ4v) is 1.72. The third-order valence-corrected chi connectivity index (χ3v) is 2.70. The normalized spacial score (nSPS) is 10.3. The summed E-state index contributed by atoms with van der Waals surface area (Å²) in [6.07, 6.45) is 1.81. The van der Waals surface area contributed by atoms with E-state index in [0.29, 0.717) is 17.3 Å².